The number of nitrogens with zero attached hydrogens (tertiary/aromatic N) is 5. The van der Waals surface area contributed by atoms with Gasteiger partial charge in [0.15, 0.2) is 5.96 Å². The van der Waals surface area contributed by atoms with Crippen LogP contribution in [0.1, 0.15) is 20.8 Å². The molecule has 0 spiro atoms. The third-order valence-corrected chi connectivity index (χ3v) is 6.14. The van der Waals surface area contributed by atoms with E-state index < -0.39 is 0 Å². The Morgan fingerprint density at radius 3 is 2.16 bits per heavy atom. The van der Waals surface area contributed by atoms with E-state index in [1.165, 1.54) is 38.3 Å². The quantitative estimate of drug-likeness (QED) is 0.324. The molecule has 0 radical (unpaired) electrons. The van der Waals surface area contributed by atoms with Gasteiger partial charge in [-0.2, -0.15) is 0 Å². The van der Waals surface area contributed by atoms with Gasteiger partial charge in [-0.05, 0) is 43.7 Å². The Morgan fingerprint density at radius 2 is 1.58 bits per heavy atom. The zero-order valence-electron chi connectivity index (χ0n) is 19.4. The molecule has 1 aromatic carbocycles. The third kappa shape index (κ3) is 8.05. The molecular weight excluding hydrogens is 506 g/mol. The molecule has 0 saturated carbocycles. The average Bonchev–Trinajstić information content (AvgIpc) is 2.78. The van der Waals surface area contributed by atoms with Crippen LogP contribution in [0.25, 0.3) is 0 Å². The summed E-state index contributed by atoms with van der Waals surface area (Å²) < 4.78 is 13.2. The molecule has 1 N–H and O–H groups in total. The van der Waals surface area contributed by atoms with Gasteiger partial charge in [0, 0.05) is 77.7 Å². The highest BCUT2D eigenvalue weighted by molar-refractivity contribution is 14.0. The number of piperazine rings is 2. The van der Waals surface area contributed by atoms with Gasteiger partial charge >= 0.3 is 0 Å². The first-order valence-electron chi connectivity index (χ1n) is 11.6. The molecular formula is C23H40FIN6. The van der Waals surface area contributed by atoms with Crippen molar-refractivity contribution in [2.75, 3.05) is 83.4 Å². The molecule has 2 heterocycles. The number of aliphatic imine (C=N–C) groups is 1. The van der Waals surface area contributed by atoms with Gasteiger partial charge in [0.05, 0.1) is 0 Å². The van der Waals surface area contributed by atoms with Gasteiger partial charge in [-0.25, -0.2) is 4.39 Å². The summed E-state index contributed by atoms with van der Waals surface area (Å²) in [6.07, 6.45) is 0. The number of rotatable bonds is 7. The maximum Gasteiger partial charge on any atom is 0.194 e. The van der Waals surface area contributed by atoms with Gasteiger partial charge in [-0.3, -0.25) is 4.99 Å². The van der Waals surface area contributed by atoms with Crippen LogP contribution in [0.3, 0.4) is 0 Å². The Hall–Kier alpha value is -1.13. The number of benzene rings is 1. The summed E-state index contributed by atoms with van der Waals surface area (Å²) in [6.45, 7) is 19.1. The van der Waals surface area contributed by atoms with E-state index in [1.54, 1.807) is 0 Å². The van der Waals surface area contributed by atoms with Gasteiger partial charge in [-0.15, -0.1) is 24.0 Å². The summed E-state index contributed by atoms with van der Waals surface area (Å²) in [7, 11) is 0. The van der Waals surface area contributed by atoms with Crippen molar-refractivity contribution in [1.29, 1.82) is 0 Å². The molecule has 0 aliphatic carbocycles. The summed E-state index contributed by atoms with van der Waals surface area (Å²) in [5.41, 5.74) is 1.09. The maximum absolute atomic E-state index is 13.2. The molecule has 1 atom stereocenters. The van der Waals surface area contributed by atoms with Crippen LogP contribution in [0.4, 0.5) is 10.1 Å². The van der Waals surface area contributed by atoms with Crippen molar-refractivity contribution in [1.82, 2.24) is 20.0 Å². The van der Waals surface area contributed by atoms with Gasteiger partial charge < -0.3 is 24.9 Å². The second-order valence-electron chi connectivity index (χ2n) is 8.49. The molecule has 0 amide bonds. The Bertz CT molecular complexity index is 655. The molecule has 6 nitrogen and oxygen atoms in total. The molecule has 3 rings (SSSR count). The normalized spacial score (nSPS) is 19.8. The van der Waals surface area contributed by atoms with Crippen molar-refractivity contribution in [3.05, 3.63) is 30.1 Å². The highest BCUT2D eigenvalue weighted by Gasteiger charge is 2.21. The fourth-order valence-corrected chi connectivity index (χ4v) is 4.28. The smallest absolute Gasteiger partial charge is 0.194 e. The molecule has 0 bridgehead atoms. The zero-order chi connectivity index (χ0) is 21.3. The van der Waals surface area contributed by atoms with Crippen LogP contribution in [0.15, 0.2) is 29.3 Å². The van der Waals surface area contributed by atoms with E-state index in [0.717, 1.165) is 64.0 Å². The number of guanidine groups is 1. The lowest BCUT2D eigenvalue weighted by atomic mass is 10.1. The van der Waals surface area contributed by atoms with Crippen molar-refractivity contribution in [3.8, 4) is 0 Å². The van der Waals surface area contributed by atoms with E-state index in [-0.39, 0.29) is 29.8 Å². The first-order valence-corrected chi connectivity index (χ1v) is 11.6. The summed E-state index contributed by atoms with van der Waals surface area (Å²) in [5.74, 6) is 1.39. The lowest BCUT2D eigenvalue weighted by molar-refractivity contribution is 0.125. The molecule has 1 aromatic rings. The average molecular weight is 547 g/mol. The topological polar surface area (TPSA) is 37.4 Å². The number of hydrogen-bond acceptors (Lipinski definition) is 4. The Labute approximate surface area is 204 Å². The van der Waals surface area contributed by atoms with E-state index in [4.69, 9.17) is 4.99 Å². The standard InChI is InChI=1S/C23H39FN6.HI/c1-4-25-23(26-18-20(3)19-28-12-10-27(5-2)11-13-28)30-16-14-29(15-17-30)22-8-6-21(24)7-9-22;/h6-9,20H,4-5,10-19H2,1-3H3,(H,25,26);1H. The van der Waals surface area contributed by atoms with Crippen LogP contribution in [-0.4, -0.2) is 99.2 Å². The van der Waals surface area contributed by atoms with E-state index in [9.17, 15) is 4.39 Å². The van der Waals surface area contributed by atoms with Crippen molar-refractivity contribution >= 4 is 35.6 Å². The van der Waals surface area contributed by atoms with Gasteiger partial charge in [-0.1, -0.05) is 13.8 Å². The number of likely N-dealkylation sites (N-methyl/N-ethyl adjacent to an activating group) is 1. The number of hydrogen-bond donors (Lipinski definition) is 1. The monoisotopic (exact) mass is 546 g/mol. The van der Waals surface area contributed by atoms with E-state index in [1.807, 2.05) is 12.1 Å². The first kappa shape index (κ1) is 26.1. The summed E-state index contributed by atoms with van der Waals surface area (Å²) in [5, 5.41) is 3.47. The van der Waals surface area contributed by atoms with Crippen LogP contribution in [0, 0.1) is 11.7 Å². The summed E-state index contributed by atoms with van der Waals surface area (Å²) in [6, 6.07) is 6.81. The Balaban J connectivity index is 0.00000341. The molecule has 176 valence electrons. The molecule has 2 fully saturated rings. The molecule has 8 heteroatoms. The molecule has 0 aromatic heterocycles. The van der Waals surface area contributed by atoms with Gasteiger partial charge in [0.1, 0.15) is 5.82 Å². The van der Waals surface area contributed by atoms with Crippen LogP contribution in [0.2, 0.25) is 0 Å². The minimum Gasteiger partial charge on any atom is -0.368 e. The van der Waals surface area contributed by atoms with Crippen LogP contribution >= 0.6 is 24.0 Å². The minimum atomic E-state index is -0.180. The number of nitrogens with one attached hydrogen (secondary N) is 1. The maximum atomic E-state index is 13.2. The van der Waals surface area contributed by atoms with Crippen molar-refractivity contribution < 1.29 is 4.39 Å². The van der Waals surface area contributed by atoms with Crippen LogP contribution < -0.4 is 10.2 Å². The van der Waals surface area contributed by atoms with Crippen molar-refractivity contribution in [2.45, 2.75) is 20.8 Å². The number of halogens is 2. The minimum absolute atomic E-state index is 0. The lowest BCUT2D eigenvalue weighted by Gasteiger charge is -2.38. The second kappa shape index (κ2) is 13.4. The first-order chi connectivity index (χ1) is 14.6. The molecule has 2 saturated heterocycles. The summed E-state index contributed by atoms with van der Waals surface area (Å²) in [4.78, 5) is 14.8. The van der Waals surface area contributed by atoms with E-state index in [2.05, 4.69) is 45.7 Å². The number of anilines is 1. The van der Waals surface area contributed by atoms with Gasteiger partial charge in [0.25, 0.3) is 0 Å². The predicted molar refractivity (Wildman–Crippen MR) is 139 cm³/mol. The second-order valence-corrected chi connectivity index (χ2v) is 8.49. The Kier molecular flexibility index (Phi) is 11.3. The molecule has 1 unspecified atom stereocenters. The highest BCUT2D eigenvalue weighted by atomic mass is 127. The fraction of sp³-hybridized carbons (Fsp3) is 0.696. The SMILES string of the molecule is CCNC(=NCC(C)CN1CCN(CC)CC1)N1CCN(c2ccc(F)cc2)CC1.I. The zero-order valence-corrected chi connectivity index (χ0v) is 21.7. The third-order valence-electron chi connectivity index (χ3n) is 6.14. The predicted octanol–water partition coefficient (Wildman–Crippen LogP) is 2.80. The van der Waals surface area contributed by atoms with E-state index >= 15 is 0 Å². The van der Waals surface area contributed by atoms with Crippen molar-refractivity contribution in [2.24, 2.45) is 10.9 Å². The largest absolute Gasteiger partial charge is 0.368 e. The van der Waals surface area contributed by atoms with E-state index in [0.29, 0.717) is 5.92 Å². The molecule has 2 aliphatic rings. The van der Waals surface area contributed by atoms with Crippen molar-refractivity contribution in [3.63, 3.8) is 0 Å². The molecule has 2 aliphatic heterocycles. The van der Waals surface area contributed by atoms with Crippen LogP contribution in [0.5, 0.6) is 0 Å². The summed E-state index contributed by atoms with van der Waals surface area (Å²) >= 11 is 0. The van der Waals surface area contributed by atoms with Gasteiger partial charge in [0.2, 0.25) is 0 Å². The van der Waals surface area contributed by atoms with Crippen LogP contribution in [-0.2, 0) is 0 Å². The highest BCUT2D eigenvalue weighted by Crippen LogP contribution is 2.17. The Morgan fingerprint density at radius 1 is 0.968 bits per heavy atom. The fourth-order valence-electron chi connectivity index (χ4n) is 4.28. The lowest BCUT2D eigenvalue weighted by Crippen LogP contribution is -2.52. The molecule has 31 heavy (non-hydrogen) atoms.